The molecule has 0 saturated heterocycles. The number of hydroxylamine groups is 2. The number of benzene rings is 3. The predicted octanol–water partition coefficient (Wildman–Crippen LogP) is 4.64. The highest BCUT2D eigenvalue weighted by Crippen LogP contribution is 2.44. The Morgan fingerprint density at radius 2 is 1.60 bits per heavy atom. The van der Waals surface area contributed by atoms with E-state index in [1.54, 1.807) is 0 Å². The molecule has 1 aromatic heterocycles. The average molecular weight is 470 g/mol. The Hall–Kier alpha value is -4.10. The number of hydrogen-bond donors (Lipinski definition) is 2. The molecule has 35 heavy (non-hydrogen) atoms. The number of hydrogen-bond acceptors (Lipinski definition) is 4. The summed E-state index contributed by atoms with van der Waals surface area (Å²) in [6, 6.07) is 23.3. The number of nitrogens with zero attached hydrogens (tertiary/aromatic N) is 1. The summed E-state index contributed by atoms with van der Waals surface area (Å²) in [6.07, 6.45) is 1.51. The molecule has 0 unspecified atom stereocenters. The van der Waals surface area contributed by atoms with Gasteiger partial charge >= 0.3 is 6.09 Å². The smallest absolute Gasteiger partial charge is 0.407 e. The van der Waals surface area contributed by atoms with Crippen LogP contribution in [-0.2, 0) is 20.8 Å². The molecule has 2 amide bonds. The Balaban J connectivity index is 1.32. The van der Waals surface area contributed by atoms with E-state index < -0.39 is 12.1 Å². The highest BCUT2D eigenvalue weighted by atomic mass is 16.7. The Morgan fingerprint density at radius 1 is 0.971 bits per heavy atom. The molecule has 1 heterocycles. The molecule has 7 heteroatoms. The minimum Gasteiger partial charge on any atom is -0.449 e. The van der Waals surface area contributed by atoms with Crippen molar-refractivity contribution in [2.75, 3.05) is 20.8 Å². The lowest BCUT2D eigenvalue weighted by Gasteiger charge is -2.23. The fraction of sp³-hybridized carbons (Fsp3) is 0.214. The number of carbonyl (C=O) groups excluding carboxylic acids is 2. The molecule has 0 saturated carbocycles. The van der Waals surface area contributed by atoms with Crippen LogP contribution in [0.15, 0.2) is 79.0 Å². The Labute approximate surface area is 203 Å². The number of fused-ring (bicyclic) bond motifs is 4. The summed E-state index contributed by atoms with van der Waals surface area (Å²) in [5.74, 6) is -0.427. The van der Waals surface area contributed by atoms with Crippen LogP contribution in [0.1, 0.15) is 22.6 Å². The molecule has 5 rings (SSSR count). The molecule has 0 bridgehead atoms. The van der Waals surface area contributed by atoms with Crippen LogP contribution in [0.4, 0.5) is 4.79 Å². The van der Waals surface area contributed by atoms with E-state index >= 15 is 0 Å². The minimum atomic E-state index is -0.852. The van der Waals surface area contributed by atoms with Gasteiger partial charge in [0, 0.05) is 36.5 Å². The summed E-state index contributed by atoms with van der Waals surface area (Å²) in [4.78, 5) is 34.2. The zero-order valence-corrected chi connectivity index (χ0v) is 19.7. The van der Waals surface area contributed by atoms with Crippen molar-refractivity contribution in [2.24, 2.45) is 0 Å². The first kappa shape index (κ1) is 22.7. The molecule has 1 atom stereocenters. The molecule has 0 aliphatic heterocycles. The topological polar surface area (TPSA) is 83.7 Å². The third-order valence-corrected chi connectivity index (χ3v) is 6.62. The van der Waals surface area contributed by atoms with Crippen molar-refractivity contribution in [1.29, 1.82) is 0 Å². The maximum atomic E-state index is 13.0. The van der Waals surface area contributed by atoms with Gasteiger partial charge in [-0.3, -0.25) is 9.63 Å². The SMILES string of the molecule is CON(C)C(=O)[C@H](Cc1c[nH]c2ccccc12)NC(=O)OCC1c2ccccc2-c2ccccc21. The van der Waals surface area contributed by atoms with Crippen LogP contribution in [0.3, 0.4) is 0 Å². The van der Waals surface area contributed by atoms with Gasteiger partial charge in [-0.2, -0.15) is 0 Å². The number of ether oxygens (including phenoxy) is 1. The number of alkyl carbamates (subject to hydrolysis) is 1. The average Bonchev–Trinajstić information content (AvgIpc) is 3.45. The fourth-order valence-electron chi connectivity index (χ4n) is 4.81. The van der Waals surface area contributed by atoms with Gasteiger partial charge in [0.1, 0.15) is 12.6 Å². The van der Waals surface area contributed by atoms with Crippen LogP contribution in [0.25, 0.3) is 22.0 Å². The summed E-state index contributed by atoms with van der Waals surface area (Å²) in [5.41, 5.74) is 6.47. The molecule has 0 fully saturated rings. The molecule has 3 aromatic carbocycles. The Kier molecular flexibility index (Phi) is 6.25. The number of para-hydroxylation sites is 1. The van der Waals surface area contributed by atoms with E-state index in [2.05, 4.69) is 34.6 Å². The molecule has 1 aliphatic rings. The minimum absolute atomic E-state index is 0.0578. The number of aromatic amines is 1. The van der Waals surface area contributed by atoms with Gasteiger partial charge in [-0.1, -0.05) is 66.7 Å². The summed E-state index contributed by atoms with van der Waals surface area (Å²) < 4.78 is 5.67. The molecule has 7 nitrogen and oxygen atoms in total. The second kappa shape index (κ2) is 9.64. The lowest BCUT2D eigenvalue weighted by molar-refractivity contribution is -0.170. The van der Waals surface area contributed by atoms with E-state index in [0.29, 0.717) is 6.42 Å². The van der Waals surface area contributed by atoms with E-state index in [-0.39, 0.29) is 18.4 Å². The first-order chi connectivity index (χ1) is 17.1. The summed E-state index contributed by atoms with van der Waals surface area (Å²) in [5, 5.41) is 4.87. The van der Waals surface area contributed by atoms with Gasteiger partial charge in [0.2, 0.25) is 0 Å². The first-order valence-corrected chi connectivity index (χ1v) is 11.5. The summed E-state index contributed by atoms with van der Waals surface area (Å²) in [6.45, 7) is 0.175. The number of nitrogens with one attached hydrogen (secondary N) is 2. The van der Waals surface area contributed by atoms with Gasteiger partial charge in [0.05, 0.1) is 7.11 Å². The maximum absolute atomic E-state index is 13.0. The van der Waals surface area contributed by atoms with Crippen molar-refractivity contribution in [2.45, 2.75) is 18.4 Å². The van der Waals surface area contributed by atoms with Gasteiger partial charge < -0.3 is 15.0 Å². The van der Waals surface area contributed by atoms with Crippen LogP contribution in [-0.4, -0.2) is 48.9 Å². The lowest BCUT2D eigenvalue weighted by atomic mass is 9.98. The number of aromatic nitrogens is 1. The molecule has 0 spiro atoms. The fourth-order valence-corrected chi connectivity index (χ4v) is 4.81. The maximum Gasteiger partial charge on any atom is 0.407 e. The van der Waals surface area contributed by atoms with Crippen LogP contribution in [0, 0.1) is 0 Å². The molecule has 0 radical (unpaired) electrons. The van der Waals surface area contributed by atoms with E-state index in [9.17, 15) is 9.59 Å². The van der Waals surface area contributed by atoms with Crippen molar-refractivity contribution in [3.8, 4) is 11.1 Å². The third kappa shape index (κ3) is 4.38. The summed E-state index contributed by atoms with van der Waals surface area (Å²) in [7, 11) is 2.93. The number of carbonyl (C=O) groups is 2. The molecule has 178 valence electrons. The second-order valence-corrected chi connectivity index (χ2v) is 8.60. The standard InChI is InChI=1S/C28H27N3O4/c1-31(34-2)27(32)26(15-18-16-29-25-14-8-7-9-19(18)25)30-28(33)35-17-24-22-12-5-3-10-20(22)21-11-4-6-13-23(21)24/h3-14,16,24,26,29H,15,17H2,1-2H3,(H,30,33)/t26-/m0/s1. The van der Waals surface area contributed by atoms with Gasteiger partial charge in [-0.25, -0.2) is 9.86 Å². The number of H-pyrrole nitrogens is 1. The molecule has 2 N–H and O–H groups in total. The highest BCUT2D eigenvalue weighted by molar-refractivity contribution is 5.88. The van der Waals surface area contributed by atoms with Crippen LogP contribution < -0.4 is 5.32 Å². The summed E-state index contributed by atoms with van der Waals surface area (Å²) >= 11 is 0. The molecular formula is C28H27N3O4. The van der Waals surface area contributed by atoms with Gasteiger partial charge in [0.15, 0.2) is 0 Å². The predicted molar refractivity (Wildman–Crippen MR) is 134 cm³/mol. The van der Waals surface area contributed by atoms with Crippen LogP contribution in [0.2, 0.25) is 0 Å². The van der Waals surface area contributed by atoms with Crippen LogP contribution in [0.5, 0.6) is 0 Å². The first-order valence-electron chi connectivity index (χ1n) is 11.5. The monoisotopic (exact) mass is 469 g/mol. The van der Waals surface area contributed by atoms with Crippen molar-refractivity contribution >= 4 is 22.9 Å². The number of rotatable bonds is 7. The van der Waals surface area contributed by atoms with Gasteiger partial charge in [-0.15, -0.1) is 0 Å². The molecule has 1 aliphatic carbocycles. The van der Waals surface area contributed by atoms with Crippen molar-refractivity contribution < 1.29 is 19.2 Å². The van der Waals surface area contributed by atoms with E-state index in [4.69, 9.17) is 9.57 Å². The molecule has 4 aromatic rings. The van der Waals surface area contributed by atoms with E-state index in [1.165, 1.54) is 14.2 Å². The number of amides is 2. The Morgan fingerprint density at radius 3 is 2.29 bits per heavy atom. The Bertz CT molecular complexity index is 1330. The lowest BCUT2D eigenvalue weighted by Crippen LogP contribution is -2.48. The normalized spacial score (nSPS) is 13.2. The third-order valence-electron chi connectivity index (χ3n) is 6.62. The van der Waals surface area contributed by atoms with Crippen molar-refractivity contribution in [3.05, 3.63) is 95.7 Å². The molecular weight excluding hydrogens is 442 g/mol. The van der Waals surface area contributed by atoms with E-state index in [0.717, 1.165) is 43.8 Å². The number of likely N-dealkylation sites (N-methyl/N-ethyl adjacent to an activating group) is 1. The van der Waals surface area contributed by atoms with Gasteiger partial charge in [0.25, 0.3) is 5.91 Å². The van der Waals surface area contributed by atoms with Gasteiger partial charge in [-0.05, 0) is 33.9 Å². The largest absolute Gasteiger partial charge is 0.449 e. The highest BCUT2D eigenvalue weighted by Gasteiger charge is 2.30. The van der Waals surface area contributed by atoms with Crippen LogP contribution >= 0.6 is 0 Å². The zero-order valence-electron chi connectivity index (χ0n) is 19.7. The van der Waals surface area contributed by atoms with E-state index in [1.807, 2.05) is 54.7 Å². The zero-order chi connectivity index (χ0) is 24.4. The second-order valence-electron chi connectivity index (χ2n) is 8.60. The van der Waals surface area contributed by atoms with Crippen molar-refractivity contribution in [3.63, 3.8) is 0 Å². The quantitative estimate of drug-likeness (QED) is 0.387. The van der Waals surface area contributed by atoms with Crippen molar-refractivity contribution in [1.82, 2.24) is 15.4 Å².